The van der Waals surface area contributed by atoms with E-state index >= 15 is 0 Å². The Morgan fingerprint density at radius 3 is 2.56 bits per heavy atom. The highest BCUT2D eigenvalue weighted by atomic mass is 79.9. The van der Waals surface area contributed by atoms with Crippen LogP contribution in [0.5, 0.6) is 0 Å². The van der Waals surface area contributed by atoms with E-state index in [9.17, 15) is 4.39 Å². The molecule has 1 saturated carbocycles. The standard InChI is InChI=1S/C15H21BrFN/c1-15(9-4-3-5-10-15)14(18-2)11-7-6-8-12(16)13(11)17/h6-8,14,18H,3-5,9-10H2,1-2H3. The van der Waals surface area contributed by atoms with Crippen LogP contribution in [-0.2, 0) is 0 Å². The predicted molar refractivity (Wildman–Crippen MR) is 77.1 cm³/mol. The van der Waals surface area contributed by atoms with Crippen LogP contribution in [0.3, 0.4) is 0 Å². The normalized spacial score (nSPS) is 20.7. The number of benzene rings is 1. The van der Waals surface area contributed by atoms with E-state index in [0.717, 1.165) is 5.56 Å². The fourth-order valence-electron chi connectivity index (χ4n) is 3.27. The van der Waals surface area contributed by atoms with E-state index in [1.165, 1.54) is 32.1 Å². The molecule has 0 amide bonds. The first kappa shape index (κ1) is 14.0. The molecule has 1 aromatic carbocycles. The van der Waals surface area contributed by atoms with Gasteiger partial charge >= 0.3 is 0 Å². The summed E-state index contributed by atoms with van der Waals surface area (Å²) in [5.74, 6) is -0.122. The van der Waals surface area contributed by atoms with Crippen molar-refractivity contribution < 1.29 is 4.39 Å². The number of rotatable bonds is 3. The lowest BCUT2D eigenvalue weighted by Gasteiger charge is -2.41. The Labute approximate surface area is 117 Å². The molecule has 1 aliphatic rings. The molecular weight excluding hydrogens is 293 g/mol. The summed E-state index contributed by atoms with van der Waals surface area (Å²) in [6.45, 7) is 2.29. The summed E-state index contributed by atoms with van der Waals surface area (Å²) >= 11 is 3.28. The van der Waals surface area contributed by atoms with Crippen molar-refractivity contribution in [2.24, 2.45) is 5.41 Å². The minimum atomic E-state index is -0.122. The fourth-order valence-corrected chi connectivity index (χ4v) is 3.65. The molecular formula is C15H21BrFN. The molecule has 3 heteroatoms. The van der Waals surface area contributed by atoms with Crippen molar-refractivity contribution in [1.29, 1.82) is 0 Å². The van der Waals surface area contributed by atoms with E-state index < -0.39 is 0 Å². The van der Waals surface area contributed by atoms with Gasteiger partial charge in [0.1, 0.15) is 5.82 Å². The van der Waals surface area contributed by atoms with Gasteiger partial charge in [0.15, 0.2) is 0 Å². The molecule has 1 atom stereocenters. The van der Waals surface area contributed by atoms with Crippen LogP contribution in [-0.4, -0.2) is 7.05 Å². The van der Waals surface area contributed by atoms with Gasteiger partial charge in [0.2, 0.25) is 0 Å². The van der Waals surface area contributed by atoms with Gasteiger partial charge in [-0.1, -0.05) is 38.3 Å². The highest BCUT2D eigenvalue weighted by Gasteiger charge is 2.36. The fraction of sp³-hybridized carbons (Fsp3) is 0.600. The summed E-state index contributed by atoms with van der Waals surface area (Å²) in [6, 6.07) is 5.67. The average Bonchev–Trinajstić information content (AvgIpc) is 2.36. The summed E-state index contributed by atoms with van der Waals surface area (Å²) in [5.41, 5.74) is 0.950. The van der Waals surface area contributed by atoms with Crippen LogP contribution in [0.25, 0.3) is 0 Å². The van der Waals surface area contributed by atoms with Crippen molar-refractivity contribution in [3.63, 3.8) is 0 Å². The summed E-state index contributed by atoms with van der Waals surface area (Å²) in [7, 11) is 1.94. The second-order valence-electron chi connectivity index (χ2n) is 5.58. The van der Waals surface area contributed by atoms with Crippen molar-refractivity contribution >= 4 is 15.9 Å². The third kappa shape index (κ3) is 2.62. The summed E-state index contributed by atoms with van der Waals surface area (Å²) < 4.78 is 14.8. The zero-order valence-electron chi connectivity index (χ0n) is 11.1. The number of hydrogen-bond acceptors (Lipinski definition) is 1. The Bertz CT molecular complexity index is 413. The van der Waals surface area contributed by atoms with Gasteiger partial charge in [0.25, 0.3) is 0 Å². The summed E-state index contributed by atoms with van der Waals surface area (Å²) in [6.07, 6.45) is 6.16. The van der Waals surface area contributed by atoms with Gasteiger partial charge in [-0.05, 0) is 47.3 Å². The molecule has 0 heterocycles. The molecule has 1 aliphatic carbocycles. The first-order valence-corrected chi connectivity index (χ1v) is 7.49. The molecule has 0 bridgehead atoms. The van der Waals surface area contributed by atoms with Crippen LogP contribution in [0.4, 0.5) is 4.39 Å². The Morgan fingerprint density at radius 2 is 1.94 bits per heavy atom. The van der Waals surface area contributed by atoms with Crippen LogP contribution in [0.15, 0.2) is 22.7 Å². The topological polar surface area (TPSA) is 12.0 Å². The molecule has 1 fully saturated rings. The van der Waals surface area contributed by atoms with Crippen molar-refractivity contribution in [3.8, 4) is 0 Å². The van der Waals surface area contributed by atoms with E-state index in [4.69, 9.17) is 0 Å². The molecule has 2 rings (SSSR count). The summed E-state index contributed by atoms with van der Waals surface area (Å²) in [5, 5.41) is 3.34. The minimum absolute atomic E-state index is 0.0929. The van der Waals surface area contributed by atoms with Gasteiger partial charge < -0.3 is 5.32 Å². The highest BCUT2D eigenvalue weighted by molar-refractivity contribution is 9.10. The van der Waals surface area contributed by atoms with E-state index in [2.05, 4.69) is 28.2 Å². The van der Waals surface area contributed by atoms with Gasteiger partial charge in [-0.25, -0.2) is 4.39 Å². The van der Waals surface area contributed by atoms with Gasteiger partial charge in [-0.3, -0.25) is 0 Å². The van der Waals surface area contributed by atoms with Crippen LogP contribution in [0, 0.1) is 11.2 Å². The average molecular weight is 314 g/mol. The lowest BCUT2D eigenvalue weighted by Crippen LogP contribution is -2.36. The summed E-state index contributed by atoms with van der Waals surface area (Å²) in [4.78, 5) is 0. The molecule has 1 unspecified atom stereocenters. The maximum absolute atomic E-state index is 14.3. The predicted octanol–water partition coefficient (Wildman–Crippen LogP) is 4.82. The second kappa shape index (κ2) is 5.70. The third-order valence-electron chi connectivity index (χ3n) is 4.27. The minimum Gasteiger partial charge on any atom is -0.312 e. The smallest absolute Gasteiger partial charge is 0.142 e. The van der Waals surface area contributed by atoms with E-state index in [0.29, 0.717) is 4.47 Å². The van der Waals surface area contributed by atoms with E-state index in [-0.39, 0.29) is 17.3 Å². The zero-order valence-corrected chi connectivity index (χ0v) is 12.7. The molecule has 0 aromatic heterocycles. The van der Waals surface area contributed by atoms with Crippen LogP contribution in [0.1, 0.15) is 50.6 Å². The highest BCUT2D eigenvalue weighted by Crippen LogP contribution is 2.46. The molecule has 100 valence electrons. The number of halogens is 2. The Morgan fingerprint density at radius 1 is 1.28 bits per heavy atom. The van der Waals surface area contributed by atoms with Gasteiger partial charge in [-0.15, -0.1) is 0 Å². The Hall–Kier alpha value is -0.410. The first-order chi connectivity index (χ1) is 8.58. The largest absolute Gasteiger partial charge is 0.312 e. The number of hydrogen-bond donors (Lipinski definition) is 1. The van der Waals surface area contributed by atoms with Crippen LogP contribution in [0.2, 0.25) is 0 Å². The molecule has 1 aromatic rings. The van der Waals surface area contributed by atoms with Gasteiger partial charge in [0, 0.05) is 11.6 Å². The van der Waals surface area contributed by atoms with Crippen molar-refractivity contribution in [1.82, 2.24) is 5.32 Å². The lowest BCUT2D eigenvalue weighted by molar-refractivity contribution is 0.147. The van der Waals surface area contributed by atoms with Crippen LogP contribution < -0.4 is 5.32 Å². The SMILES string of the molecule is CNC(c1cccc(Br)c1F)C1(C)CCCCC1. The molecule has 0 spiro atoms. The molecule has 0 radical (unpaired) electrons. The van der Waals surface area contributed by atoms with Gasteiger partial charge in [-0.2, -0.15) is 0 Å². The third-order valence-corrected chi connectivity index (χ3v) is 4.89. The van der Waals surface area contributed by atoms with Crippen molar-refractivity contribution in [3.05, 3.63) is 34.1 Å². The Kier molecular flexibility index (Phi) is 4.44. The monoisotopic (exact) mass is 313 g/mol. The molecule has 0 saturated heterocycles. The number of nitrogens with one attached hydrogen (secondary N) is 1. The van der Waals surface area contributed by atoms with Crippen LogP contribution >= 0.6 is 15.9 Å². The maximum atomic E-state index is 14.3. The quantitative estimate of drug-likeness (QED) is 0.843. The molecule has 1 N–H and O–H groups in total. The Balaban J connectivity index is 2.35. The maximum Gasteiger partial charge on any atom is 0.142 e. The first-order valence-electron chi connectivity index (χ1n) is 6.70. The van der Waals surface area contributed by atoms with Gasteiger partial charge in [0.05, 0.1) is 4.47 Å². The molecule has 1 nitrogen and oxygen atoms in total. The van der Waals surface area contributed by atoms with E-state index in [1.807, 2.05) is 19.2 Å². The second-order valence-corrected chi connectivity index (χ2v) is 6.43. The van der Waals surface area contributed by atoms with Crippen molar-refractivity contribution in [2.45, 2.75) is 45.1 Å². The zero-order chi connectivity index (χ0) is 13.2. The molecule has 0 aliphatic heterocycles. The van der Waals surface area contributed by atoms with Crippen molar-refractivity contribution in [2.75, 3.05) is 7.05 Å². The lowest BCUT2D eigenvalue weighted by atomic mass is 9.68. The van der Waals surface area contributed by atoms with E-state index in [1.54, 1.807) is 6.07 Å². The molecule has 18 heavy (non-hydrogen) atoms.